The van der Waals surface area contributed by atoms with Crippen LogP contribution in [-0.2, 0) is 16.0 Å². The zero-order chi connectivity index (χ0) is 15.9. The van der Waals surface area contributed by atoms with Crippen molar-refractivity contribution in [1.82, 2.24) is 9.97 Å². The number of nitrogens with one attached hydrogen (secondary N) is 1. The van der Waals surface area contributed by atoms with Crippen LogP contribution in [-0.4, -0.2) is 23.0 Å². The third-order valence-electron chi connectivity index (χ3n) is 3.49. The minimum Gasteiger partial charge on any atom is -0.469 e. The fourth-order valence-corrected chi connectivity index (χ4v) is 2.30. The molecule has 22 heavy (non-hydrogen) atoms. The number of rotatable bonds is 7. The van der Waals surface area contributed by atoms with Crippen molar-refractivity contribution in [3.8, 4) is 0 Å². The lowest BCUT2D eigenvalue weighted by Crippen LogP contribution is -2.12. The lowest BCUT2D eigenvalue weighted by atomic mass is 10.1. The highest BCUT2D eigenvalue weighted by molar-refractivity contribution is 5.77. The molecular formula is C16H19FN2O3. The first-order valence-corrected chi connectivity index (χ1v) is 7.35. The summed E-state index contributed by atoms with van der Waals surface area (Å²) in [5, 5.41) is 0.266. The van der Waals surface area contributed by atoms with Crippen LogP contribution in [0.3, 0.4) is 0 Å². The van der Waals surface area contributed by atoms with E-state index in [0.717, 1.165) is 25.7 Å². The van der Waals surface area contributed by atoms with Crippen LogP contribution < -0.4 is 5.56 Å². The molecule has 6 heteroatoms. The van der Waals surface area contributed by atoms with Crippen LogP contribution in [0.5, 0.6) is 0 Å². The van der Waals surface area contributed by atoms with Gasteiger partial charge >= 0.3 is 5.97 Å². The third-order valence-corrected chi connectivity index (χ3v) is 3.49. The van der Waals surface area contributed by atoms with Gasteiger partial charge in [-0.1, -0.05) is 12.8 Å². The zero-order valence-electron chi connectivity index (χ0n) is 12.5. The Bertz CT molecular complexity index is 712. The van der Waals surface area contributed by atoms with Crippen molar-refractivity contribution in [1.29, 1.82) is 0 Å². The minimum atomic E-state index is -0.446. The summed E-state index contributed by atoms with van der Waals surface area (Å²) in [6.07, 6.45) is 4.64. The number of aromatic amines is 1. The summed E-state index contributed by atoms with van der Waals surface area (Å²) in [6, 6.07) is 4.00. The van der Waals surface area contributed by atoms with Gasteiger partial charge in [0.05, 0.1) is 18.0 Å². The number of aryl methyl sites for hydroxylation is 1. The Hall–Kier alpha value is -2.24. The normalized spacial score (nSPS) is 10.8. The number of halogens is 1. The summed E-state index contributed by atoms with van der Waals surface area (Å²) in [5.74, 6) is -0.0250. The van der Waals surface area contributed by atoms with Crippen molar-refractivity contribution < 1.29 is 13.9 Å². The Balaban J connectivity index is 1.86. The second-order valence-electron chi connectivity index (χ2n) is 5.16. The smallest absolute Gasteiger partial charge is 0.305 e. The van der Waals surface area contributed by atoms with Crippen LogP contribution in [0.4, 0.5) is 4.39 Å². The maximum Gasteiger partial charge on any atom is 0.305 e. The lowest BCUT2D eigenvalue weighted by Gasteiger charge is -2.03. The van der Waals surface area contributed by atoms with E-state index in [4.69, 9.17) is 0 Å². The molecule has 0 unspecified atom stereocenters. The van der Waals surface area contributed by atoms with Gasteiger partial charge in [0.15, 0.2) is 0 Å². The van der Waals surface area contributed by atoms with Gasteiger partial charge < -0.3 is 9.72 Å². The topological polar surface area (TPSA) is 72.0 Å². The number of esters is 1. The van der Waals surface area contributed by atoms with E-state index in [1.807, 2.05) is 0 Å². The molecule has 0 amide bonds. The number of hydrogen-bond donors (Lipinski definition) is 1. The van der Waals surface area contributed by atoms with E-state index in [2.05, 4.69) is 14.7 Å². The highest BCUT2D eigenvalue weighted by Crippen LogP contribution is 2.11. The second-order valence-corrected chi connectivity index (χ2v) is 5.16. The molecule has 1 N–H and O–H groups in total. The summed E-state index contributed by atoms with van der Waals surface area (Å²) in [5.41, 5.74) is 0.191. The monoisotopic (exact) mass is 306 g/mol. The second kappa shape index (κ2) is 7.68. The number of carbonyl (C=O) groups excluding carboxylic acids is 1. The van der Waals surface area contributed by atoms with Crippen LogP contribution in [0.2, 0.25) is 0 Å². The molecule has 0 aliphatic heterocycles. The maximum absolute atomic E-state index is 13.1. The Morgan fingerprint density at radius 1 is 1.27 bits per heavy atom. The standard InChI is InChI=1S/C16H19FN2O3/c1-22-15(20)7-5-3-2-4-6-14-18-13-9-8-11(17)10-12(13)16(21)19-14/h8-10H,2-7H2,1H3,(H,18,19,21). The molecule has 118 valence electrons. The number of fused-ring (bicyclic) bond motifs is 1. The van der Waals surface area contributed by atoms with Crippen LogP contribution in [0.15, 0.2) is 23.0 Å². The van der Waals surface area contributed by atoms with E-state index in [-0.39, 0.29) is 16.9 Å². The average Bonchev–Trinajstić information content (AvgIpc) is 2.51. The Morgan fingerprint density at radius 2 is 2.05 bits per heavy atom. The Morgan fingerprint density at radius 3 is 2.82 bits per heavy atom. The van der Waals surface area contributed by atoms with E-state index in [1.165, 1.54) is 25.3 Å². The number of nitrogens with zero attached hydrogens (tertiary/aromatic N) is 1. The number of carbonyl (C=O) groups is 1. The van der Waals surface area contributed by atoms with E-state index in [1.54, 1.807) is 0 Å². The van der Waals surface area contributed by atoms with Gasteiger partial charge in [0.2, 0.25) is 0 Å². The van der Waals surface area contributed by atoms with Gasteiger partial charge in [-0.3, -0.25) is 9.59 Å². The molecule has 1 aromatic heterocycles. The molecule has 0 spiro atoms. The van der Waals surface area contributed by atoms with E-state index in [0.29, 0.717) is 24.2 Å². The molecular weight excluding hydrogens is 287 g/mol. The predicted octanol–water partition coefficient (Wildman–Crippen LogP) is 2.73. The van der Waals surface area contributed by atoms with Gasteiger partial charge in [0.1, 0.15) is 11.6 Å². The molecule has 0 saturated carbocycles. The van der Waals surface area contributed by atoms with Crippen LogP contribution in [0, 0.1) is 5.82 Å². The minimum absolute atomic E-state index is 0.187. The molecule has 2 aromatic rings. The highest BCUT2D eigenvalue weighted by Gasteiger charge is 2.05. The van der Waals surface area contributed by atoms with Crippen molar-refractivity contribution in [3.05, 3.63) is 40.2 Å². The first-order valence-electron chi connectivity index (χ1n) is 7.35. The van der Waals surface area contributed by atoms with E-state index < -0.39 is 5.82 Å². The molecule has 0 bridgehead atoms. The van der Waals surface area contributed by atoms with Gasteiger partial charge in [-0.05, 0) is 31.0 Å². The molecule has 5 nitrogen and oxygen atoms in total. The molecule has 1 aromatic carbocycles. The number of benzene rings is 1. The quantitative estimate of drug-likeness (QED) is 0.630. The molecule has 0 radical (unpaired) electrons. The molecule has 1 heterocycles. The summed E-state index contributed by atoms with van der Waals surface area (Å²) >= 11 is 0. The van der Waals surface area contributed by atoms with Gasteiger partial charge in [-0.15, -0.1) is 0 Å². The predicted molar refractivity (Wildman–Crippen MR) is 81.1 cm³/mol. The summed E-state index contributed by atoms with van der Waals surface area (Å²) < 4.78 is 17.7. The van der Waals surface area contributed by atoms with Crippen LogP contribution >= 0.6 is 0 Å². The Kier molecular flexibility index (Phi) is 5.63. The number of ether oxygens (including phenoxy) is 1. The number of methoxy groups -OCH3 is 1. The van der Waals surface area contributed by atoms with Crippen molar-refractivity contribution in [3.63, 3.8) is 0 Å². The number of hydrogen-bond acceptors (Lipinski definition) is 4. The lowest BCUT2D eigenvalue weighted by molar-refractivity contribution is -0.140. The number of aromatic nitrogens is 2. The van der Waals surface area contributed by atoms with Crippen molar-refractivity contribution in [2.45, 2.75) is 38.5 Å². The van der Waals surface area contributed by atoms with E-state index >= 15 is 0 Å². The zero-order valence-corrected chi connectivity index (χ0v) is 12.5. The van der Waals surface area contributed by atoms with Crippen molar-refractivity contribution >= 4 is 16.9 Å². The number of H-pyrrole nitrogens is 1. The molecule has 0 aliphatic rings. The summed E-state index contributed by atoms with van der Waals surface area (Å²) in [7, 11) is 1.38. The molecule has 0 atom stereocenters. The maximum atomic E-state index is 13.1. The van der Waals surface area contributed by atoms with Crippen LogP contribution in [0.1, 0.15) is 37.9 Å². The third kappa shape index (κ3) is 4.38. The van der Waals surface area contributed by atoms with Gasteiger partial charge in [-0.2, -0.15) is 0 Å². The molecule has 0 aliphatic carbocycles. The van der Waals surface area contributed by atoms with Gasteiger partial charge in [0, 0.05) is 12.8 Å². The first-order chi connectivity index (χ1) is 10.6. The Labute approximate surface area is 127 Å². The van der Waals surface area contributed by atoms with Gasteiger partial charge in [-0.25, -0.2) is 9.37 Å². The number of unbranched alkanes of at least 4 members (excludes halogenated alkanes) is 3. The van der Waals surface area contributed by atoms with Crippen molar-refractivity contribution in [2.75, 3.05) is 7.11 Å². The van der Waals surface area contributed by atoms with Crippen molar-refractivity contribution in [2.24, 2.45) is 0 Å². The van der Waals surface area contributed by atoms with Crippen LogP contribution in [0.25, 0.3) is 10.9 Å². The molecule has 0 fully saturated rings. The SMILES string of the molecule is COC(=O)CCCCCCc1nc2ccc(F)cc2c(=O)[nH]1. The molecule has 0 saturated heterocycles. The fourth-order valence-electron chi connectivity index (χ4n) is 2.30. The molecule has 2 rings (SSSR count). The fraction of sp³-hybridized carbons (Fsp3) is 0.438. The van der Waals surface area contributed by atoms with Gasteiger partial charge in [0.25, 0.3) is 5.56 Å². The summed E-state index contributed by atoms with van der Waals surface area (Å²) in [4.78, 5) is 29.9. The van der Waals surface area contributed by atoms with E-state index in [9.17, 15) is 14.0 Å². The largest absolute Gasteiger partial charge is 0.469 e. The summed E-state index contributed by atoms with van der Waals surface area (Å²) in [6.45, 7) is 0. The average molecular weight is 306 g/mol. The first kappa shape index (κ1) is 16.1. The highest BCUT2D eigenvalue weighted by atomic mass is 19.1.